The number of carbonyl (C=O) groups is 3. The van der Waals surface area contributed by atoms with E-state index in [0.29, 0.717) is 16.8 Å². The van der Waals surface area contributed by atoms with Gasteiger partial charge in [-0.1, -0.05) is 50.2 Å². The van der Waals surface area contributed by atoms with Crippen LogP contribution < -0.4 is 4.90 Å². The molecule has 0 spiro atoms. The smallest absolute Gasteiger partial charge is 0.411 e. The predicted octanol–water partition coefficient (Wildman–Crippen LogP) is 5.90. The van der Waals surface area contributed by atoms with Gasteiger partial charge in [0.2, 0.25) is 5.91 Å². The van der Waals surface area contributed by atoms with Gasteiger partial charge >= 0.3 is 6.09 Å². The molecule has 1 atom stereocenters. The maximum absolute atomic E-state index is 13.8. The van der Waals surface area contributed by atoms with Gasteiger partial charge in [-0.15, -0.1) is 0 Å². The predicted molar refractivity (Wildman–Crippen MR) is 173 cm³/mol. The van der Waals surface area contributed by atoms with E-state index in [1.807, 2.05) is 38.1 Å². The number of nitro groups is 1. The first-order chi connectivity index (χ1) is 21.3. The highest BCUT2D eigenvalue weighted by Crippen LogP contribution is 2.38. The quantitative estimate of drug-likeness (QED) is 0.184. The van der Waals surface area contributed by atoms with Crippen LogP contribution in [0.4, 0.5) is 16.2 Å². The van der Waals surface area contributed by atoms with Crippen molar-refractivity contribution in [2.24, 2.45) is 0 Å². The van der Waals surface area contributed by atoms with Gasteiger partial charge in [0, 0.05) is 50.4 Å². The first kappa shape index (κ1) is 32.8. The number of amides is 3. The van der Waals surface area contributed by atoms with Crippen LogP contribution in [0, 0.1) is 10.1 Å². The fourth-order valence-corrected chi connectivity index (χ4v) is 5.29. The lowest BCUT2D eigenvalue weighted by atomic mass is 9.89. The Labute approximate surface area is 263 Å². The Balaban J connectivity index is 1.65. The second kappa shape index (κ2) is 13.7. The lowest BCUT2D eigenvalue weighted by Gasteiger charge is -2.41. The van der Waals surface area contributed by atoms with E-state index in [2.05, 4.69) is 4.98 Å². The number of rotatable bonds is 7. The maximum atomic E-state index is 13.8. The van der Waals surface area contributed by atoms with Crippen molar-refractivity contribution in [3.63, 3.8) is 0 Å². The third-order valence-corrected chi connectivity index (χ3v) is 7.51. The Kier molecular flexibility index (Phi) is 10.0. The van der Waals surface area contributed by atoms with Gasteiger partial charge in [-0.25, -0.2) is 4.79 Å². The van der Waals surface area contributed by atoms with Crippen LogP contribution >= 0.6 is 0 Å². The van der Waals surface area contributed by atoms with Gasteiger partial charge < -0.3 is 14.5 Å². The summed E-state index contributed by atoms with van der Waals surface area (Å²) < 4.78 is 5.59. The molecule has 1 aliphatic rings. The van der Waals surface area contributed by atoms with Crippen molar-refractivity contribution in [1.29, 1.82) is 0 Å². The van der Waals surface area contributed by atoms with Crippen LogP contribution in [-0.4, -0.2) is 75.9 Å². The molecule has 236 valence electrons. The van der Waals surface area contributed by atoms with Gasteiger partial charge in [-0.2, -0.15) is 0 Å². The number of hydrogen-bond donors (Lipinski definition) is 0. The molecule has 1 unspecified atom stereocenters. The normalized spacial score (nSPS) is 15.3. The molecule has 3 aromatic rings. The van der Waals surface area contributed by atoms with E-state index in [-0.39, 0.29) is 37.1 Å². The van der Waals surface area contributed by atoms with Crippen molar-refractivity contribution in [2.75, 3.05) is 31.6 Å². The van der Waals surface area contributed by atoms with E-state index >= 15 is 0 Å². The van der Waals surface area contributed by atoms with Gasteiger partial charge in [-0.05, 0) is 61.6 Å². The number of piperazine rings is 1. The molecule has 0 N–H and O–H groups in total. The summed E-state index contributed by atoms with van der Waals surface area (Å²) in [6, 6.07) is 14.7. The van der Waals surface area contributed by atoms with E-state index in [0.717, 1.165) is 11.1 Å². The Morgan fingerprint density at radius 2 is 1.73 bits per heavy atom. The monoisotopic (exact) mass is 613 g/mol. The zero-order valence-corrected chi connectivity index (χ0v) is 26.5. The third-order valence-electron chi connectivity index (χ3n) is 7.51. The SMILES string of the molecule is CC(C)c1ccccc1-c1c(/C=C/C(=O)N2CCN(C(=O)OC(C)(C)C)C(C(=O)N(C)c3ccncc3)C2)cccc1[N+](=O)[O-]. The molecule has 2 heterocycles. The van der Waals surface area contributed by atoms with Crippen LogP contribution in [0.5, 0.6) is 0 Å². The molecule has 3 amide bonds. The number of carbonyl (C=O) groups excluding carboxylic acids is 3. The summed E-state index contributed by atoms with van der Waals surface area (Å²) in [5.74, 6) is -0.668. The van der Waals surface area contributed by atoms with Gasteiger partial charge in [-0.3, -0.25) is 29.6 Å². The zero-order valence-electron chi connectivity index (χ0n) is 26.5. The number of nitrogens with zero attached hydrogens (tertiary/aromatic N) is 5. The highest BCUT2D eigenvalue weighted by Gasteiger charge is 2.40. The van der Waals surface area contributed by atoms with Crippen LogP contribution in [-0.2, 0) is 14.3 Å². The minimum Gasteiger partial charge on any atom is -0.444 e. The molecular weight excluding hydrogens is 574 g/mol. The highest BCUT2D eigenvalue weighted by molar-refractivity contribution is 6.00. The number of hydrogen-bond acceptors (Lipinski definition) is 7. The second-order valence-electron chi connectivity index (χ2n) is 12.2. The molecule has 45 heavy (non-hydrogen) atoms. The summed E-state index contributed by atoms with van der Waals surface area (Å²) in [6.45, 7) is 9.48. The van der Waals surface area contributed by atoms with Crippen molar-refractivity contribution in [1.82, 2.24) is 14.8 Å². The summed E-state index contributed by atoms with van der Waals surface area (Å²) in [4.78, 5) is 60.4. The van der Waals surface area contributed by atoms with E-state index < -0.39 is 28.6 Å². The van der Waals surface area contributed by atoms with Crippen LogP contribution in [0.2, 0.25) is 0 Å². The standard InChI is InChI=1S/C34H39N5O6/c1-23(2)26-11-7-8-12-27(26)31-24(10-9-13-28(31)39(43)44)14-15-30(40)37-20-21-38(33(42)45-34(3,4)5)29(22-37)32(41)36(6)25-16-18-35-19-17-25/h7-19,23,29H,20-22H2,1-6H3/b15-14+. The molecule has 1 aliphatic heterocycles. The summed E-state index contributed by atoms with van der Waals surface area (Å²) in [5, 5.41) is 12.1. The van der Waals surface area contributed by atoms with Crippen molar-refractivity contribution in [3.05, 3.63) is 94.3 Å². The van der Waals surface area contributed by atoms with Crippen LogP contribution in [0.1, 0.15) is 51.7 Å². The fraction of sp³-hybridized carbons (Fsp3) is 0.353. The molecule has 0 aliphatic carbocycles. The highest BCUT2D eigenvalue weighted by atomic mass is 16.6. The number of pyridine rings is 1. The van der Waals surface area contributed by atoms with Crippen molar-refractivity contribution in [3.8, 4) is 11.1 Å². The maximum Gasteiger partial charge on any atom is 0.411 e. The molecule has 0 saturated carbocycles. The molecule has 11 nitrogen and oxygen atoms in total. The van der Waals surface area contributed by atoms with E-state index in [4.69, 9.17) is 4.74 Å². The molecule has 2 aromatic carbocycles. The Hall–Kier alpha value is -5.06. The molecule has 0 bridgehead atoms. The minimum atomic E-state index is -1.00. The fourth-order valence-electron chi connectivity index (χ4n) is 5.29. The van der Waals surface area contributed by atoms with Crippen molar-refractivity contribution >= 4 is 35.4 Å². The number of benzene rings is 2. The zero-order chi connectivity index (χ0) is 32.9. The van der Waals surface area contributed by atoms with Crippen molar-refractivity contribution in [2.45, 2.75) is 52.2 Å². The topological polar surface area (TPSA) is 126 Å². The molecule has 0 radical (unpaired) electrons. The number of likely N-dealkylation sites (N-methyl/N-ethyl adjacent to an activating group) is 1. The Bertz CT molecular complexity index is 1600. The van der Waals surface area contributed by atoms with Crippen LogP contribution in [0.15, 0.2) is 73.1 Å². The van der Waals surface area contributed by atoms with Crippen LogP contribution in [0.25, 0.3) is 17.2 Å². The lowest BCUT2D eigenvalue weighted by molar-refractivity contribution is -0.384. The van der Waals surface area contributed by atoms with Gasteiger partial charge in [0.1, 0.15) is 11.6 Å². The van der Waals surface area contributed by atoms with E-state index in [1.54, 1.807) is 70.6 Å². The molecule has 1 aromatic heterocycles. The third kappa shape index (κ3) is 7.72. The first-order valence-corrected chi connectivity index (χ1v) is 14.8. The molecular formula is C34H39N5O6. The Morgan fingerprint density at radius 1 is 1.04 bits per heavy atom. The average molecular weight is 614 g/mol. The number of aromatic nitrogens is 1. The second-order valence-corrected chi connectivity index (χ2v) is 12.2. The number of anilines is 1. The molecule has 4 rings (SSSR count). The van der Waals surface area contributed by atoms with Crippen molar-refractivity contribution < 1.29 is 24.0 Å². The lowest BCUT2D eigenvalue weighted by Crippen LogP contribution is -2.62. The molecule has 11 heteroatoms. The Morgan fingerprint density at radius 3 is 2.38 bits per heavy atom. The van der Waals surface area contributed by atoms with E-state index in [9.17, 15) is 24.5 Å². The summed E-state index contributed by atoms with van der Waals surface area (Å²) in [7, 11) is 1.60. The first-order valence-electron chi connectivity index (χ1n) is 14.8. The van der Waals surface area contributed by atoms with E-state index in [1.165, 1.54) is 26.8 Å². The largest absolute Gasteiger partial charge is 0.444 e. The van der Waals surface area contributed by atoms with Gasteiger partial charge in [0.15, 0.2) is 0 Å². The minimum absolute atomic E-state index is 0.0609. The molecule has 1 saturated heterocycles. The molecule has 1 fully saturated rings. The number of nitro benzene ring substituents is 1. The van der Waals surface area contributed by atoms with Crippen LogP contribution in [0.3, 0.4) is 0 Å². The summed E-state index contributed by atoms with van der Waals surface area (Å²) >= 11 is 0. The summed E-state index contributed by atoms with van der Waals surface area (Å²) in [6.07, 6.45) is 5.42. The number of ether oxygens (including phenoxy) is 1. The average Bonchev–Trinajstić information content (AvgIpc) is 3.01. The van der Waals surface area contributed by atoms with Gasteiger partial charge in [0.05, 0.1) is 17.0 Å². The summed E-state index contributed by atoms with van der Waals surface area (Å²) in [5.41, 5.74) is 2.37. The van der Waals surface area contributed by atoms with Gasteiger partial charge in [0.25, 0.3) is 11.6 Å².